The van der Waals surface area contributed by atoms with Crippen LogP contribution >= 0.6 is 0 Å². The number of aliphatic carboxylic acids is 2. The number of ether oxygens (including phenoxy) is 8. The maximum absolute atomic E-state index is 13.8. The number of aromatic nitrogens is 6. The van der Waals surface area contributed by atoms with Gasteiger partial charge in [0.05, 0.1) is 129 Å². The fourth-order valence-corrected chi connectivity index (χ4v) is 8.61. The Hall–Kier alpha value is -8.21. The largest absolute Gasteiger partial charge is 0.478 e. The van der Waals surface area contributed by atoms with Crippen molar-refractivity contribution in [1.29, 1.82) is 0 Å². The number of carbonyl (C=O) groups is 7. The van der Waals surface area contributed by atoms with Crippen molar-refractivity contribution in [3.63, 3.8) is 0 Å². The summed E-state index contributed by atoms with van der Waals surface area (Å²) >= 11 is 0. The summed E-state index contributed by atoms with van der Waals surface area (Å²) in [5, 5.41) is 87.7. The molecule has 38 heteroatoms. The van der Waals surface area contributed by atoms with Gasteiger partial charge in [0.15, 0.2) is 24.1 Å². The number of carboxylic acids is 2. The first-order valence-electron chi connectivity index (χ1n) is 27.7. The maximum Gasteiger partial charge on any atom is 0.370 e. The number of guanidine groups is 2. The number of hydrogen-bond donors (Lipinski definition) is 14. The lowest BCUT2D eigenvalue weighted by atomic mass is 9.92. The molecule has 10 atom stereocenters. The highest BCUT2D eigenvalue weighted by atomic mass is 16.6. The zero-order chi connectivity index (χ0) is 64.7. The van der Waals surface area contributed by atoms with E-state index in [1.165, 1.54) is 26.7 Å². The second-order valence-electron chi connectivity index (χ2n) is 19.5. The summed E-state index contributed by atoms with van der Waals surface area (Å²) in [4.78, 5) is 97.7. The highest BCUT2D eigenvalue weighted by Gasteiger charge is 2.47. The molecule has 0 spiro atoms. The molecule has 0 aromatic carbocycles. The Kier molecular flexibility index (Phi) is 31.3. The van der Waals surface area contributed by atoms with E-state index in [4.69, 9.17) is 60.8 Å². The van der Waals surface area contributed by atoms with Crippen LogP contribution in [0.15, 0.2) is 46.0 Å². The quantitative estimate of drug-likeness (QED) is 0.0167. The Morgan fingerprint density at radius 2 is 1.02 bits per heavy atom. The van der Waals surface area contributed by atoms with Gasteiger partial charge in [0.2, 0.25) is 41.1 Å². The topological polar surface area (TPSA) is 556 Å². The Labute approximate surface area is 503 Å². The van der Waals surface area contributed by atoms with E-state index in [2.05, 4.69) is 51.9 Å². The van der Waals surface area contributed by atoms with Gasteiger partial charge in [-0.1, -0.05) is 17.4 Å². The van der Waals surface area contributed by atoms with Crippen molar-refractivity contribution < 1.29 is 102 Å². The Bertz CT molecular complexity index is 2530. The molecule has 2 aromatic rings. The first-order valence-corrected chi connectivity index (χ1v) is 27.7. The van der Waals surface area contributed by atoms with E-state index in [-0.39, 0.29) is 71.4 Å². The van der Waals surface area contributed by atoms with Crippen molar-refractivity contribution in [1.82, 2.24) is 56.2 Å². The van der Waals surface area contributed by atoms with Crippen LogP contribution in [-0.4, -0.2) is 272 Å². The van der Waals surface area contributed by atoms with Crippen LogP contribution < -0.4 is 44.2 Å². The highest BCUT2D eigenvalue weighted by Crippen LogP contribution is 2.28. The molecule has 0 fully saturated rings. The molecule has 4 rings (SSSR count). The van der Waals surface area contributed by atoms with Crippen LogP contribution in [0.2, 0.25) is 0 Å². The van der Waals surface area contributed by atoms with Gasteiger partial charge in [-0.2, -0.15) is 0 Å². The summed E-state index contributed by atoms with van der Waals surface area (Å²) in [5.74, 6) is -8.39. The summed E-state index contributed by atoms with van der Waals surface area (Å²) in [5.41, 5.74) is 22.9. The standard InChI is InChI=1S/C50H81N17O21/c1-4-10-81-12-14-83-16-17-84-15-13-82-11-5-40(76)65(20-30-22-66(63-61-30)8-6-55-38(74)26-85-43(34(72)24-68)45-41(57-28(2)70)32(59-49(51)52)18-36(87-45)47(77)78)21-31-23-67(64-62-31)9-7-56-39(75)27-86-44(35(73)25-69)46-42(58-29(3)71)33(60-50(53)54)19-37(88-46)48(79)80/h18-19,22-23,32-35,41-46,68-69,72-73H,4-17,20-21,24-27H2,1-3H3,(H,55,74)(H,56,75)(H,57,70)(H,58,71)(H,77,78)(H,79,80)(H4,51,52,59)(H4,53,54,60)/t32-,33-,34+,35+,41+,42+,43+,44+,45+,46?/m0/s1. The maximum atomic E-state index is 13.8. The average molecular weight is 1260 g/mol. The van der Waals surface area contributed by atoms with Crippen LogP contribution in [0.25, 0.3) is 0 Å². The van der Waals surface area contributed by atoms with Gasteiger partial charge >= 0.3 is 11.9 Å². The average Bonchev–Trinajstić information content (AvgIpc) is 1.41. The Balaban J connectivity index is 1.37. The van der Waals surface area contributed by atoms with Crippen LogP contribution in [0.3, 0.4) is 0 Å². The number of aliphatic hydroxyl groups is 4. The monoisotopic (exact) mass is 1260 g/mol. The fraction of sp³-hybridized carbons (Fsp3) is 0.660. The molecule has 0 aliphatic carbocycles. The van der Waals surface area contributed by atoms with Crippen molar-refractivity contribution in [2.45, 2.75) is 121 Å². The smallest absolute Gasteiger partial charge is 0.370 e. The van der Waals surface area contributed by atoms with Crippen molar-refractivity contribution >= 4 is 53.4 Å². The number of nitrogens with zero attached hydrogens (tertiary/aromatic N) is 9. The van der Waals surface area contributed by atoms with Gasteiger partial charge in [0.1, 0.15) is 49.0 Å². The number of carboxylic acid groups (broad SMARTS) is 2. The minimum absolute atomic E-state index is 0.0283. The third kappa shape index (κ3) is 25.2. The van der Waals surface area contributed by atoms with E-state index < -0.39 is 146 Å². The number of nitrogens with one attached hydrogen (secondary N) is 4. The van der Waals surface area contributed by atoms with Crippen molar-refractivity contribution in [2.24, 2.45) is 32.9 Å². The molecule has 0 bridgehead atoms. The first-order chi connectivity index (χ1) is 42.0. The summed E-state index contributed by atoms with van der Waals surface area (Å²) in [7, 11) is 0. The van der Waals surface area contributed by atoms with Crippen LogP contribution in [-0.2, 0) is 97.6 Å². The van der Waals surface area contributed by atoms with E-state index in [9.17, 15) is 64.2 Å². The number of hydrogen-bond acceptors (Lipinski definition) is 25. The third-order valence-electron chi connectivity index (χ3n) is 12.4. The number of nitrogens with two attached hydrogens (primary N) is 4. The molecule has 4 heterocycles. The summed E-state index contributed by atoms with van der Waals surface area (Å²) in [6.07, 6.45) is -3.83. The number of carbonyl (C=O) groups excluding carboxylic acids is 5. The lowest BCUT2D eigenvalue weighted by molar-refractivity contribution is -0.158. The van der Waals surface area contributed by atoms with Gasteiger partial charge in [-0.25, -0.2) is 19.6 Å². The molecule has 2 aliphatic rings. The Morgan fingerprint density at radius 3 is 1.38 bits per heavy atom. The predicted octanol–water partition coefficient (Wildman–Crippen LogP) is -8.00. The van der Waals surface area contributed by atoms with Gasteiger partial charge in [-0.3, -0.25) is 33.3 Å². The van der Waals surface area contributed by atoms with Crippen LogP contribution in [0.1, 0.15) is 45.0 Å². The SMILES string of the molecule is CCCOCCOCCOCCOCCC(=O)N(Cc1cn(CCNC(=O)CO[C@@H]([C@@H]2OC(C(=O)O)=C[C@H](N=C(N)N)[C@H]2NC(C)=O)[C@H](O)CO)nn1)Cc1cn(CCNC(=O)CO[C@@H](C2OC(C(=O)O)=C[C@H](N=C(N)N)[C@H]2NC(C)=O)[C@H](O)CO)nn1. The summed E-state index contributed by atoms with van der Waals surface area (Å²) in [6.45, 7) is 3.56. The molecule has 0 saturated carbocycles. The van der Waals surface area contributed by atoms with Gasteiger partial charge in [-0.15, -0.1) is 10.2 Å². The predicted molar refractivity (Wildman–Crippen MR) is 300 cm³/mol. The number of aliphatic hydroxyl groups excluding tert-OH is 4. The second-order valence-corrected chi connectivity index (χ2v) is 19.5. The molecule has 2 aromatic heterocycles. The number of amides is 5. The molecule has 492 valence electrons. The van der Waals surface area contributed by atoms with E-state index in [0.29, 0.717) is 44.4 Å². The molecule has 38 nitrogen and oxygen atoms in total. The van der Waals surface area contributed by atoms with Crippen molar-refractivity contribution in [3.05, 3.63) is 47.5 Å². The van der Waals surface area contributed by atoms with Gasteiger partial charge in [0.25, 0.3) is 0 Å². The summed E-state index contributed by atoms with van der Waals surface area (Å²) in [6, 6.07) is -4.92. The van der Waals surface area contributed by atoms with E-state index in [1.807, 2.05) is 6.92 Å². The number of aliphatic imine (C=N–C) groups is 2. The van der Waals surface area contributed by atoms with E-state index in [0.717, 1.165) is 32.4 Å². The highest BCUT2D eigenvalue weighted by molar-refractivity contribution is 5.86. The molecule has 0 radical (unpaired) electrons. The van der Waals surface area contributed by atoms with E-state index in [1.54, 1.807) is 0 Å². The Morgan fingerprint density at radius 1 is 0.636 bits per heavy atom. The molecular weight excluding hydrogens is 1170 g/mol. The van der Waals surface area contributed by atoms with Crippen LogP contribution in [0, 0.1) is 0 Å². The second kappa shape index (κ2) is 38.2. The van der Waals surface area contributed by atoms with Gasteiger partial charge in [0, 0.05) is 33.5 Å². The first kappa shape index (κ1) is 72.3. The van der Waals surface area contributed by atoms with Gasteiger partial charge in [-0.05, 0) is 18.6 Å². The van der Waals surface area contributed by atoms with Crippen LogP contribution in [0.5, 0.6) is 0 Å². The van der Waals surface area contributed by atoms with Gasteiger partial charge < -0.3 is 118 Å². The fourth-order valence-electron chi connectivity index (χ4n) is 8.61. The van der Waals surface area contributed by atoms with Crippen molar-refractivity contribution in [3.8, 4) is 0 Å². The van der Waals surface area contributed by atoms with Crippen LogP contribution in [0.4, 0.5) is 0 Å². The van der Waals surface area contributed by atoms with E-state index >= 15 is 0 Å². The minimum atomic E-state index is -1.76. The minimum Gasteiger partial charge on any atom is -0.478 e. The molecular formula is C50H81N17O21. The van der Waals surface area contributed by atoms with Crippen molar-refractivity contribution in [2.75, 3.05) is 92.4 Å². The lowest BCUT2D eigenvalue weighted by Gasteiger charge is -2.40. The molecule has 1 unspecified atom stereocenters. The molecule has 0 saturated heterocycles. The zero-order valence-electron chi connectivity index (χ0n) is 48.9. The zero-order valence-corrected chi connectivity index (χ0v) is 48.9. The normalized spacial score (nSPS) is 19.4. The summed E-state index contributed by atoms with van der Waals surface area (Å²) < 4.78 is 47.4. The number of rotatable bonds is 42. The third-order valence-corrected chi connectivity index (χ3v) is 12.4. The molecule has 2 aliphatic heterocycles. The molecule has 5 amide bonds. The molecule has 18 N–H and O–H groups in total. The lowest BCUT2D eigenvalue weighted by Crippen LogP contribution is -2.60. The molecule has 88 heavy (non-hydrogen) atoms.